The van der Waals surface area contributed by atoms with Crippen LogP contribution in [0.3, 0.4) is 0 Å². The molecule has 3 rings (SSSR count). The van der Waals surface area contributed by atoms with E-state index in [4.69, 9.17) is 4.74 Å². The molecule has 0 amide bonds. The highest BCUT2D eigenvalue weighted by atomic mass is 32.2. The molecule has 1 nitrogen and oxygen atoms in total. The van der Waals surface area contributed by atoms with Gasteiger partial charge in [0, 0.05) is 4.90 Å². The zero-order valence-electron chi connectivity index (χ0n) is 8.82. The van der Waals surface area contributed by atoms with Gasteiger partial charge in [-0.2, -0.15) is 0 Å². The molecule has 0 N–H and O–H groups in total. The fourth-order valence-corrected chi connectivity index (χ4v) is 3.69. The Hall–Kier alpha value is -0.470. The summed E-state index contributed by atoms with van der Waals surface area (Å²) in [6.07, 6.45) is 6.65. The third-order valence-electron chi connectivity index (χ3n) is 3.40. The molecule has 0 radical (unpaired) electrons. The first-order valence-electron chi connectivity index (χ1n) is 5.79. The molecule has 1 spiro atoms. The summed E-state index contributed by atoms with van der Waals surface area (Å²) < 4.78 is 5.91. The average Bonchev–Trinajstić information content (AvgIpc) is 2.93. The van der Waals surface area contributed by atoms with Crippen LogP contribution in [0.1, 0.15) is 32.1 Å². The molecule has 1 aliphatic carbocycles. The van der Waals surface area contributed by atoms with E-state index >= 15 is 0 Å². The van der Waals surface area contributed by atoms with E-state index in [2.05, 4.69) is 30.3 Å². The third-order valence-corrected chi connectivity index (χ3v) is 4.68. The van der Waals surface area contributed by atoms with Crippen LogP contribution in [0.2, 0.25) is 0 Å². The van der Waals surface area contributed by atoms with E-state index < -0.39 is 0 Å². The van der Waals surface area contributed by atoms with Gasteiger partial charge in [0.15, 0.2) is 0 Å². The van der Waals surface area contributed by atoms with E-state index in [1.807, 2.05) is 11.8 Å². The molecule has 80 valence electrons. The summed E-state index contributed by atoms with van der Waals surface area (Å²) in [5.41, 5.74) is 0.693. The molecule has 1 atom stereocenters. The van der Waals surface area contributed by atoms with Crippen LogP contribution in [0.25, 0.3) is 0 Å². The molecule has 1 saturated heterocycles. The molecule has 0 bridgehead atoms. The predicted molar refractivity (Wildman–Crippen MR) is 63.0 cm³/mol. The van der Waals surface area contributed by atoms with Gasteiger partial charge in [0.25, 0.3) is 0 Å². The van der Waals surface area contributed by atoms with Crippen molar-refractivity contribution in [3.63, 3.8) is 0 Å². The summed E-state index contributed by atoms with van der Waals surface area (Å²) in [5, 5.41) is 0. The van der Waals surface area contributed by atoms with Gasteiger partial charge in [0.2, 0.25) is 0 Å². The van der Waals surface area contributed by atoms with Crippen molar-refractivity contribution in [2.45, 2.75) is 48.0 Å². The molecule has 2 aliphatic rings. The monoisotopic (exact) mass is 220 g/mol. The molecule has 2 heteroatoms. The van der Waals surface area contributed by atoms with Crippen molar-refractivity contribution >= 4 is 11.8 Å². The summed E-state index contributed by atoms with van der Waals surface area (Å²) in [6.45, 7) is 0. The zero-order valence-corrected chi connectivity index (χ0v) is 9.63. The molecule has 1 aliphatic heterocycles. The molecule has 1 aromatic carbocycles. The van der Waals surface area contributed by atoms with Gasteiger partial charge in [0.1, 0.15) is 11.0 Å². The zero-order chi connectivity index (χ0) is 10.1. The van der Waals surface area contributed by atoms with Gasteiger partial charge in [-0.1, -0.05) is 49.2 Å². The fraction of sp³-hybridized carbons (Fsp3) is 0.538. The average molecular weight is 220 g/mol. The molecule has 15 heavy (non-hydrogen) atoms. The van der Waals surface area contributed by atoms with E-state index in [9.17, 15) is 0 Å². The Bertz CT molecular complexity index is 330. The molecule has 1 unspecified atom stereocenters. The van der Waals surface area contributed by atoms with E-state index in [1.165, 1.54) is 37.0 Å². The summed E-state index contributed by atoms with van der Waals surface area (Å²) in [5.74, 6) is 0. The topological polar surface area (TPSA) is 12.5 Å². The molecule has 1 heterocycles. The number of hydrogen-bond acceptors (Lipinski definition) is 2. The second-order valence-electron chi connectivity index (χ2n) is 4.51. The first-order chi connectivity index (χ1) is 7.39. The Kier molecular flexibility index (Phi) is 2.49. The number of ether oxygens (including phenoxy) is 1. The van der Waals surface area contributed by atoms with Gasteiger partial charge < -0.3 is 4.74 Å². The van der Waals surface area contributed by atoms with Crippen LogP contribution in [0, 0.1) is 0 Å². The minimum absolute atomic E-state index is 0.263. The number of epoxide rings is 1. The van der Waals surface area contributed by atoms with Crippen LogP contribution in [-0.4, -0.2) is 11.0 Å². The van der Waals surface area contributed by atoms with Crippen molar-refractivity contribution in [3.8, 4) is 0 Å². The van der Waals surface area contributed by atoms with E-state index in [0.29, 0.717) is 5.44 Å². The molecular formula is C13H16OS. The maximum atomic E-state index is 5.91. The largest absolute Gasteiger partial charge is 0.354 e. The van der Waals surface area contributed by atoms with Crippen LogP contribution in [0.15, 0.2) is 35.2 Å². The SMILES string of the molecule is c1ccc(SC2OC23CCCCC3)cc1. The first-order valence-corrected chi connectivity index (χ1v) is 6.67. The maximum absolute atomic E-state index is 5.91. The molecular weight excluding hydrogens is 204 g/mol. The Morgan fingerprint density at radius 2 is 1.80 bits per heavy atom. The quantitative estimate of drug-likeness (QED) is 0.702. The number of thioether (sulfide) groups is 1. The van der Waals surface area contributed by atoms with Gasteiger partial charge in [-0.3, -0.25) is 0 Å². The highest BCUT2D eigenvalue weighted by Crippen LogP contribution is 2.54. The summed E-state index contributed by atoms with van der Waals surface area (Å²) in [6, 6.07) is 10.6. The van der Waals surface area contributed by atoms with Crippen molar-refractivity contribution in [1.82, 2.24) is 0 Å². The fourth-order valence-electron chi connectivity index (χ4n) is 2.44. The minimum Gasteiger partial charge on any atom is -0.354 e. The van der Waals surface area contributed by atoms with Crippen molar-refractivity contribution in [2.24, 2.45) is 0 Å². The molecule has 2 fully saturated rings. The van der Waals surface area contributed by atoms with Crippen molar-refractivity contribution in [3.05, 3.63) is 30.3 Å². The van der Waals surface area contributed by atoms with Gasteiger partial charge >= 0.3 is 0 Å². The lowest BCUT2D eigenvalue weighted by molar-refractivity contribution is 0.236. The van der Waals surface area contributed by atoms with Gasteiger partial charge in [-0.25, -0.2) is 0 Å². The highest BCUT2D eigenvalue weighted by molar-refractivity contribution is 8.00. The van der Waals surface area contributed by atoms with Crippen LogP contribution in [-0.2, 0) is 4.74 Å². The smallest absolute Gasteiger partial charge is 0.137 e. The van der Waals surface area contributed by atoms with Crippen molar-refractivity contribution in [1.29, 1.82) is 0 Å². The Balaban J connectivity index is 1.63. The van der Waals surface area contributed by atoms with Crippen molar-refractivity contribution < 1.29 is 4.74 Å². The maximum Gasteiger partial charge on any atom is 0.137 e. The van der Waals surface area contributed by atoms with Gasteiger partial charge in [-0.05, 0) is 25.0 Å². The summed E-state index contributed by atoms with van der Waals surface area (Å²) in [7, 11) is 0. The standard InChI is InChI=1S/C13H16OS/c1-3-7-11(8-4-1)15-12-13(14-12)9-5-2-6-10-13/h1,3-4,7-8,12H,2,5-6,9-10H2. The minimum atomic E-state index is 0.263. The second-order valence-corrected chi connectivity index (χ2v) is 5.64. The molecule has 1 saturated carbocycles. The van der Waals surface area contributed by atoms with Crippen LogP contribution < -0.4 is 0 Å². The van der Waals surface area contributed by atoms with E-state index in [1.54, 1.807) is 0 Å². The van der Waals surface area contributed by atoms with Crippen LogP contribution >= 0.6 is 11.8 Å². The number of benzene rings is 1. The predicted octanol–water partition coefficient (Wildman–Crippen LogP) is 3.84. The highest BCUT2D eigenvalue weighted by Gasteiger charge is 2.56. The van der Waals surface area contributed by atoms with Crippen molar-refractivity contribution in [2.75, 3.05) is 0 Å². The molecule has 0 aromatic heterocycles. The lowest BCUT2D eigenvalue weighted by atomic mass is 9.90. The Morgan fingerprint density at radius 3 is 2.53 bits per heavy atom. The summed E-state index contributed by atoms with van der Waals surface area (Å²) >= 11 is 1.89. The lowest BCUT2D eigenvalue weighted by Crippen LogP contribution is -2.17. The number of hydrogen-bond donors (Lipinski definition) is 0. The van der Waals surface area contributed by atoms with Crippen LogP contribution in [0.5, 0.6) is 0 Å². The van der Waals surface area contributed by atoms with Gasteiger partial charge in [0.05, 0.1) is 0 Å². The Labute approximate surface area is 95.2 Å². The Morgan fingerprint density at radius 1 is 1.07 bits per heavy atom. The normalized spacial score (nSPS) is 27.9. The summed E-state index contributed by atoms with van der Waals surface area (Å²) in [4.78, 5) is 1.34. The van der Waals surface area contributed by atoms with Crippen LogP contribution in [0.4, 0.5) is 0 Å². The van der Waals surface area contributed by atoms with E-state index in [0.717, 1.165) is 0 Å². The number of rotatable bonds is 2. The van der Waals surface area contributed by atoms with Gasteiger partial charge in [-0.15, -0.1) is 0 Å². The second kappa shape index (κ2) is 3.84. The van der Waals surface area contributed by atoms with E-state index in [-0.39, 0.29) is 5.60 Å². The third kappa shape index (κ3) is 1.93. The first kappa shape index (κ1) is 9.73. The molecule has 1 aromatic rings. The lowest BCUT2D eigenvalue weighted by Gasteiger charge is -2.17.